The van der Waals surface area contributed by atoms with Crippen LogP contribution in [0.4, 0.5) is 0 Å². The van der Waals surface area contributed by atoms with Gasteiger partial charge in [-0.15, -0.1) is 0 Å². The quantitative estimate of drug-likeness (QED) is 0.454. The highest BCUT2D eigenvalue weighted by molar-refractivity contribution is 6.04. The van der Waals surface area contributed by atoms with E-state index in [1.54, 1.807) is 0 Å². The van der Waals surface area contributed by atoms with Crippen LogP contribution in [0.2, 0.25) is 0 Å². The van der Waals surface area contributed by atoms with Crippen molar-refractivity contribution in [3.05, 3.63) is 0 Å². The van der Waals surface area contributed by atoms with Gasteiger partial charge in [-0.1, -0.05) is 13.8 Å². The Kier molecular flexibility index (Phi) is 3.47. The lowest BCUT2D eigenvalue weighted by atomic mass is 10.7. The molecule has 35 valence electrons. The first-order valence-corrected chi connectivity index (χ1v) is 2.72. The third kappa shape index (κ3) is 2.42. The molecule has 1 nitrogen and oxygen atoms in total. The summed E-state index contributed by atoms with van der Waals surface area (Å²) in [4.78, 5) is 0. The molecule has 0 rings (SSSR count). The lowest BCUT2D eigenvalue weighted by molar-refractivity contribution is 0.505. The number of nitrogens with zero attached hydrogens (tertiary/aromatic N) is 1. The van der Waals surface area contributed by atoms with Crippen LogP contribution in [-0.2, 0) is 0 Å². The predicted octanol–water partition coefficient (Wildman–Crippen LogP) is 0.412. The van der Waals surface area contributed by atoms with Crippen LogP contribution in [0.5, 0.6) is 0 Å². The molecule has 0 aromatic carbocycles. The molecule has 3 radical (unpaired) electrons. The van der Waals surface area contributed by atoms with E-state index in [1.165, 1.54) is 0 Å². The fourth-order valence-electron chi connectivity index (χ4n) is 0.224. The van der Waals surface area contributed by atoms with Gasteiger partial charge in [0.1, 0.15) is 10.4 Å². The van der Waals surface area contributed by atoms with Crippen molar-refractivity contribution >= 4 is 10.4 Å². The molecule has 0 spiro atoms. The zero-order valence-corrected chi connectivity index (χ0v) is 5.36. The summed E-state index contributed by atoms with van der Waals surface area (Å²) in [5, 5.41) is 0. The summed E-state index contributed by atoms with van der Waals surface area (Å²) in [6, 6.07) is 0. The summed E-state index contributed by atoms with van der Waals surface area (Å²) in [6.07, 6.45) is 0. The maximum atomic E-state index is 3.35. The Bertz CT molecular complexity index is 26.7. The SMILES string of the molecule is CCN([Si])CC. The van der Waals surface area contributed by atoms with Gasteiger partial charge < -0.3 is 4.57 Å². The zero-order valence-electron chi connectivity index (χ0n) is 4.36. The molecule has 0 amide bonds. The van der Waals surface area contributed by atoms with Crippen molar-refractivity contribution in [2.24, 2.45) is 0 Å². The molecule has 0 heterocycles. The maximum Gasteiger partial charge on any atom is 0.143 e. The van der Waals surface area contributed by atoms with Crippen LogP contribution in [0.3, 0.4) is 0 Å². The van der Waals surface area contributed by atoms with Crippen molar-refractivity contribution in [3.8, 4) is 0 Å². The lowest BCUT2D eigenvalue weighted by Gasteiger charge is -2.06. The lowest BCUT2D eigenvalue weighted by Crippen LogP contribution is -2.17. The average Bonchev–Trinajstić information content (AvgIpc) is 1.65. The summed E-state index contributed by atoms with van der Waals surface area (Å²) < 4.78 is 2.06. The molecule has 0 N–H and O–H groups in total. The third-order valence-corrected chi connectivity index (χ3v) is 1.40. The third-order valence-electron chi connectivity index (χ3n) is 0.763. The Hall–Kier alpha value is 0.177. The normalized spacial score (nSPS) is 10.0. The topological polar surface area (TPSA) is 3.24 Å². The number of rotatable bonds is 2. The van der Waals surface area contributed by atoms with E-state index in [0.29, 0.717) is 0 Å². The Labute approximate surface area is 42.8 Å². The van der Waals surface area contributed by atoms with Gasteiger partial charge in [-0.3, -0.25) is 0 Å². The van der Waals surface area contributed by atoms with Crippen LogP contribution in [0.25, 0.3) is 0 Å². The monoisotopic (exact) mass is 100 g/mol. The molecule has 0 aromatic heterocycles. The highest BCUT2D eigenvalue weighted by Crippen LogP contribution is 1.72. The van der Waals surface area contributed by atoms with E-state index in [1.807, 2.05) is 0 Å². The molecule has 0 aliphatic heterocycles. The Morgan fingerprint density at radius 2 is 1.67 bits per heavy atom. The van der Waals surface area contributed by atoms with Gasteiger partial charge in [0.2, 0.25) is 0 Å². The smallest absolute Gasteiger partial charge is 0.143 e. The predicted molar refractivity (Wildman–Crippen MR) is 28.7 cm³/mol. The minimum Gasteiger partial charge on any atom is -0.327 e. The van der Waals surface area contributed by atoms with Crippen molar-refractivity contribution in [2.45, 2.75) is 13.8 Å². The first-order chi connectivity index (χ1) is 2.81. The fraction of sp³-hybridized carbons (Fsp3) is 1.00. The molecule has 0 saturated carbocycles. The molecule has 0 unspecified atom stereocenters. The molecular weight excluding hydrogens is 90.1 g/mol. The Balaban J connectivity index is 2.75. The van der Waals surface area contributed by atoms with Crippen LogP contribution in [0.15, 0.2) is 0 Å². The van der Waals surface area contributed by atoms with Gasteiger partial charge in [0, 0.05) is 0 Å². The molecule has 0 aliphatic carbocycles. The van der Waals surface area contributed by atoms with Crippen LogP contribution in [0.1, 0.15) is 13.8 Å². The molecule has 0 bridgehead atoms. The van der Waals surface area contributed by atoms with Crippen LogP contribution >= 0.6 is 0 Å². The molecule has 0 aromatic rings. The number of hydrogen-bond acceptors (Lipinski definition) is 1. The van der Waals surface area contributed by atoms with E-state index < -0.39 is 0 Å². The minimum atomic E-state index is 1.08. The van der Waals surface area contributed by atoms with Gasteiger partial charge in [0.15, 0.2) is 0 Å². The van der Waals surface area contributed by atoms with E-state index in [-0.39, 0.29) is 0 Å². The molecule has 2 heteroatoms. The largest absolute Gasteiger partial charge is 0.327 e. The Morgan fingerprint density at radius 3 is 1.67 bits per heavy atom. The van der Waals surface area contributed by atoms with Crippen molar-refractivity contribution in [2.75, 3.05) is 13.1 Å². The first-order valence-electron chi connectivity index (χ1n) is 2.27. The van der Waals surface area contributed by atoms with Crippen molar-refractivity contribution < 1.29 is 0 Å². The van der Waals surface area contributed by atoms with Gasteiger partial charge >= 0.3 is 0 Å². The van der Waals surface area contributed by atoms with Crippen LogP contribution in [0, 0.1) is 0 Å². The zero-order chi connectivity index (χ0) is 4.99. The Morgan fingerprint density at radius 1 is 1.33 bits per heavy atom. The second kappa shape index (κ2) is 3.37. The average molecular weight is 100 g/mol. The van der Waals surface area contributed by atoms with Gasteiger partial charge in [-0.05, 0) is 13.1 Å². The second-order valence-corrected chi connectivity index (χ2v) is 1.80. The van der Waals surface area contributed by atoms with Crippen LogP contribution in [-0.4, -0.2) is 28.1 Å². The standard InChI is InChI=1S/C4H10NSi/c1-3-5(6)4-2/h3-4H2,1-2H3. The van der Waals surface area contributed by atoms with Gasteiger partial charge in [0.25, 0.3) is 0 Å². The van der Waals surface area contributed by atoms with E-state index >= 15 is 0 Å². The summed E-state index contributed by atoms with van der Waals surface area (Å²) >= 11 is 0. The van der Waals surface area contributed by atoms with Crippen LogP contribution < -0.4 is 0 Å². The summed E-state index contributed by atoms with van der Waals surface area (Å²) in [5.74, 6) is 0. The first kappa shape index (κ1) is 6.18. The highest BCUT2D eigenvalue weighted by Gasteiger charge is 1.82. The number of hydrogen-bond donors (Lipinski definition) is 0. The fourth-order valence-corrected chi connectivity index (χ4v) is 0.224. The van der Waals surface area contributed by atoms with Crippen molar-refractivity contribution in [1.82, 2.24) is 4.57 Å². The highest BCUT2D eigenvalue weighted by atomic mass is 28.2. The molecular formula is C4H10NSi. The van der Waals surface area contributed by atoms with E-state index in [4.69, 9.17) is 0 Å². The van der Waals surface area contributed by atoms with Gasteiger partial charge in [-0.2, -0.15) is 0 Å². The summed E-state index contributed by atoms with van der Waals surface area (Å²) in [5.41, 5.74) is 0. The summed E-state index contributed by atoms with van der Waals surface area (Å²) in [7, 11) is 3.35. The molecule has 6 heavy (non-hydrogen) atoms. The molecule has 0 fully saturated rings. The van der Waals surface area contributed by atoms with Gasteiger partial charge in [0.05, 0.1) is 0 Å². The maximum absolute atomic E-state index is 3.35. The van der Waals surface area contributed by atoms with Gasteiger partial charge in [-0.25, -0.2) is 0 Å². The molecule has 0 aliphatic rings. The van der Waals surface area contributed by atoms with E-state index in [0.717, 1.165) is 13.1 Å². The second-order valence-electron chi connectivity index (χ2n) is 1.17. The van der Waals surface area contributed by atoms with Crippen molar-refractivity contribution in [3.63, 3.8) is 0 Å². The van der Waals surface area contributed by atoms with E-state index in [2.05, 4.69) is 28.8 Å². The minimum absolute atomic E-state index is 1.08. The molecule has 0 saturated heterocycles. The summed E-state index contributed by atoms with van der Waals surface area (Å²) in [6.45, 7) is 6.37. The van der Waals surface area contributed by atoms with Crippen molar-refractivity contribution in [1.29, 1.82) is 0 Å². The molecule has 0 atom stereocenters. The van der Waals surface area contributed by atoms with E-state index in [9.17, 15) is 0 Å².